The first-order valence-corrected chi connectivity index (χ1v) is 5.88. The summed E-state index contributed by atoms with van der Waals surface area (Å²) in [5, 5.41) is 29.3. The Hall–Kier alpha value is -1.61. The molecule has 0 aliphatic rings. The van der Waals surface area contributed by atoms with Crippen LogP contribution in [0.3, 0.4) is 0 Å². The molecule has 0 saturated heterocycles. The molecule has 102 valence electrons. The maximum absolute atomic E-state index is 11.6. The third kappa shape index (κ3) is 6.21. The number of carboxylic acid groups (broad SMARTS) is 1. The van der Waals surface area contributed by atoms with Crippen LogP contribution in [0.2, 0.25) is 0 Å². The Balaban J connectivity index is 4.46. The zero-order valence-electron chi connectivity index (χ0n) is 10.9. The van der Waals surface area contributed by atoms with Gasteiger partial charge in [0.15, 0.2) is 0 Å². The highest BCUT2D eigenvalue weighted by Gasteiger charge is 2.25. The van der Waals surface area contributed by atoms with Crippen molar-refractivity contribution in [1.29, 1.82) is 5.26 Å². The number of hydrogen-bond acceptors (Lipinski definition) is 4. The standard InChI is InChI=1S/C12H20N2O4/c1-7(2)4-10(15)11(16)14-9(12(17)18)5-8(3)6-13/h7-10,15H,4-5H2,1-3H3,(H,14,16)(H,17,18)/t8-,9+,10-/m1/s1. The number of hydrogen-bond donors (Lipinski definition) is 3. The molecule has 0 aliphatic carbocycles. The van der Waals surface area contributed by atoms with Crippen molar-refractivity contribution >= 4 is 11.9 Å². The summed E-state index contributed by atoms with van der Waals surface area (Å²) >= 11 is 0. The number of rotatable bonds is 7. The molecule has 0 radical (unpaired) electrons. The van der Waals surface area contributed by atoms with Crippen molar-refractivity contribution in [2.45, 2.75) is 45.8 Å². The molecular formula is C12H20N2O4. The minimum atomic E-state index is -1.22. The topological polar surface area (TPSA) is 110 Å². The number of aliphatic carboxylic acids is 1. The van der Waals surface area contributed by atoms with Gasteiger partial charge in [-0.3, -0.25) is 4.79 Å². The number of nitrogens with zero attached hydrogens (tertiary/aromatic N) is 1. The van der Waals surface area contributed by atoms with Gasteiger partial charge in [0.05, 0.1) is 6.07 Å². The second-order valence-corrected chi connectivity index (χ2v) is 4.81. The fourth-order valence-corrected chi connectivity index (χ4v) is 1.45. The van der Waals surface area contributed by atoms with Crippen molar-refractivity contribution in [3.8, 4) is 6.07 Å². The van der Waals surface area contributed by atoms with Crippen LogP contribution >= 0.6 is 0 Å². The lowest BCUT2D eigenvalue weighted by Gasteiger charge is -2.18. The summed E-state index contributed by atoms with van der Waals surface area (Å²) in [5.74, 6) is -2.26. The van der Waals surface area contributed by atoms with Crippen LogP contribution in [0.15, 0.2) is 0 Å². The third-order valence-electron chi connectivity index (χ3n) is 2.42. The molecule has 0 fully saturated rings. The summed E-state index contributed by atoms with van der Waals surface area (Å²) in [5.41, 5.74) is 0. The second-order valence-electron chi connectivity index (χ2n) is 4.81. The lowest BCUT2D eigenvalue weighted by molar-refractivity contribution is -0.144. The molecule has 0 spiro atoms. The van der Waals surface area contributed by atoms with Gasteiger partial charge in [-0.05, 0) is 25.7 Å². The van der Waals surface area contributed by atoms with E-state index in [9.17, 15) is 14.7 Å². The van der Waals surface area contributed by atoms with Crippen molar-refractivity contribution in [1.82, 2.24) is 5.32 Å². The molecule has 0 rings (SSSR count). The van der Waals surface area contributed by atoms with Crippen LogP contribution < -0.4 is 5.32 Å². The number of aliphatic hydroxyl groups excluding tert-OH is 1. The van der Waals surface area contributed by atoms with Gasteiger partial charge in [-0.2, -0.15) is 5.26 Å². The Morgan fingerprint density at radius 3 is 2.22 bits per heavy atom. The normalized spacial score (nSPS) is 15.6. The van der Waals surface area contributed by atoms with Gasteiger partial charge >= 0.3 is 5.97 Å². The molecule has 0 aromatic heterocycles. The molecule has 6 heteroatoms. The fourth-order valence-electron chi connectivity index (χ4n) is 1.45. The number of amides is 1. The summed E-state index contributed by atoms with van der Waals surface area (Å²) in [4.78, 5) is 22.5. The lowest BCUT2D eigenvalue weighted by atomic mass is 10.0. The lowest BCUT2D eigenvalue weighted by Crippen LogP contribution is -2.46. The van der Waals surface area contributed by atoms with Gasteiger partial charge in [0.25, 0.3) is 0 Å². The van der Waals surface area contributed by atoms with Gasteiger partial charge < -0.3 is 15.5 Å². The van der Waals surface area contributed by atoms with E-state index in [4.69, 9.17) is 10.4 Å². The Bertz CT molecular complexity index is 335. The van der Waals surface area contributed by atoms with Gasteiger partial charge in [-0.15, -0.1) is 0 Å². The van der Waals surface area contributed by atoms with Crippen molar-refractivity contribution in [2.75, 3.05) is 0 Å². The SMILES string of the molecule is CC(C)C[C@@H](O)C(=O)N[C@@H](C[C@@H](C)C#N)C(=O)O. The highest BCUT2D eigenvalue weighted by Crippen LogP contribution is 2.08. The van der Waals surface area contributed by atoms with Crippen molar-refractivity contribution in [3.05, 3.63) is 0 Å². The van der Waals surface area contributed by atoms with Crippen molar-refractivity contribution in [3.63, 3.8) is 0 Å². The molecule has 0 unspecified atom stereocenters. The number of aliphatic hydroxyl groups is 1. The van der Waals surface area contributed by atoms with Gasteiger partial charge in [-0.1, -0.05) is 13.8 Å². The first kappa shape index (κ1) is 16.4. The monoisotopic (exact) mass is 256 g/mol. The maximum Gasteiger partial charge on any atom is 0.326 e. The molecular weight excluding hydrogens is 236 g/mol. The quantitative estimate of drug-likeness (QED) is 0.614. The number of nitrogens with one attached hydrogen (secondary N) is 1. The average molecular weight is 256 g/mol. The zero-order valence-corrected chi connectivity index (χ0v) is 10.9. The predicted octanol–water partition coefficient (Wildman–Crippen LogP) is 0.513. The maximum atomic E-state index is 11.6. The zero-order chi connectivity index (χ0) is 14.3. The molecule has 18 heavy (non-hydrogen) atoms. The highest BCUT2D eigenvalue weighted by atomic mass is 16.4. The first-order valence-electron chi connectivity index (χ1n) is 5.88. The molecule has 0 heterocycles. The number of carbonyl (C=O) groups excluding carboxylic acids is 1. The predicted molar refractivity (Wildman–Crippen MR) is 64.4 cm³/mol. The molecule has 1 amide bonds. The number of nitriles is 1. The van der Waals surface area contributed by atoms with E-state index in [2.05, 4.69) is 5.32 Å². The Morgan fingerprint density at radius 1 is 1.28 bits per heavy atom. The van der Waals surface area contributed by atoms with Crippen molar-refractivity contribution in [2.24, 2.45) is 11.8 Å². The molecule has 0 aromatic rings. The molecule has 6 nitrogen and oxygen atoms in total. The van der Waals surface area contributed by atoms with Crippen LogP contribution in [0.1, 0.15) is 33.6 Å². The van der Waals surface area contributed by atoms with Crippen LogP contribution in [-0.2, 0) is 9.59 Å². The van der Waals surface area contributed by atoms with Crippen LogP contribution in [0.4, 0.5) is 0 Å². The summed E-state index contributed by atoms with van der Waals surface area (Å²) < 4.78 is 0. The van der Waals surface area contributed by atoms with E-state index in [0.29, 0.717) is 0 Å². The van der Waals surface area contributed by atoms with Gasteiger partial charge in [0.1, 0.15) is 12.1 Å². The molecule has 3 N–H and O–H groups in total. The van der Waals surface area contributed by atoms with Gasteiger partial charge in [0, 0.05) is 5.92 Å². The Labute approximate surface area is 107 Å². The molecule has 0 saturated carbocycles. The van der Waals surface area contributed by atoms with E-state index >= 15 is 0 Å². The van der Waals surface area contributed by atoms with E-state index < -0.39 is 29.9 Å². The second kappa shape index (κ2) is 7.67. The first-order chi connectivity index (χ1) is 8.27. The summed E-state index contributed by atoms with van der Waals surface area (Å²) in [6, 6.07) is 0.763. The molecule has 3 atom stereocenters. The van der Waals surface area contributed by atoms with E-state index in [1.165, 1.54) is 0 Å². The van der Waals surface area contributed by atoms with Crippen LogP contribution in [0.5, 0.6) is 0 Å². The third-order valence-corrected chi connectivity index (χ3v) is 2.42. The van der Waals surface area contributed by atoms with E-state index in [-0.39, 0.29) is 18.8 Å². The molecule has 0 aromatic carbocycles. The van der Waals surface area contributed by atoms with Crippen LogP contribution in [0, 0.1) is 23.2 Å². The largest absolute Gasteiger partial charge is 0.480 e. The van der Waals surface area contributed by atoms with Crippen LogP contribution in [-0.4, -0.2) is 34.2 Å². The van der Waals surface area contributed by atoms with Crippen molar-refractivity contribution < 1.29 is 19.8 Å². The molecule has 0 bridgehead atoms. The summed E-state index contributed by atoms with van der Waals surface area (Å²) in [6.45, 7) is 5.28. The van der Waals surface area contributed by atoms with E-state index in [0.717, 1.165) is 0 Å². The number of carbonyl (C=O) groups is 2. The highest BCUT2D eigenvalue weighted by molar-refractivity contribution is 5.86. The summed E-state index contributed by atoms with van der Waals surface area (Å²) in [6.07, 6.45) is -0.929. The Kier molecular flexibility index (Phi) is 6.98. The molecule has 0 aliphatic heterocycles. The average Bonchev–Trinajstić information content (AvgIpc) is 2.26. The van der Waals surface area contributed by atoms with E-state index in [1.807, 2.05) is 19.9 Å². The van der Waals surface area contributed by atoms with E-state index in [1.54, 1.807) is 6.92 Å². The van der Waals surface area contributed by atoms with Crippen LogP contribution in [0.25, 0.3) is 0 Å². The Morgan fingerprint density at radius 2 is 1.83 bits per heavy atom. The minimum absolute atomic E-state index is 0.0198. The van der Waals surface area contributed by atoms with Gasteiger partial charge in [0.2, 0.25) is 5.91 Å². The van der Waals surface area contributed by atoms with Gasteiger partial charge in [-0.25, -0.2) is 4.79 Å². The number of carboxylic acids is 1. The fraction of sp³-hybridized carbons (Fsp3) is 0.750. The smallest absolute Gasteiger partial charge is 0.326 e. The summed E-state index contributed by atoms with van der Waals surface area (Å²) in [7, 11) is 0. The minimum Gasteiger partial charge on any atom is -0.480 e.